The number of hydrogen-bond donors (Lipinski definition) is 3. The molecular weight excluding hydrogens is 236 g/mol. The minimum absolute atomic E-state index is 0.509. The zero-order valence-electron chi connectivity index (χ0n) is 12.8. The van der Waals surface area contributed by atoms with Gasteiger partial charge in [0.1, 0.15) is 0 Å². The molecule has 2 aliphatic rings. The molecule has 112 valence electrons. The summed E-state index contributed by atoms with van der Waals surface area (Å²) < 4.78 is 0. The van der Waals surface area contributed by atoms with Gasteiger partial charge in [-0.05, 0) is 51.0 Å². The van der Waals surface area contributed by atoms with Crippen LogP contribution >= 0.6 is 0 Å². The Labute approximate surface area is 118 Å². The summed E-state index contributed by atoms with van der Waals surface area (Å²) in [6.45, 7) is 6.12. The Morgan fingerprint density at radius 1 is 1.11 bits per heavy atom. The fraction of sp³-hybridized carbons (Fsp3) is 1.00. The lowest BCUT2D eigenvalue weighted by Crippen LogP contribution is -2.51. The maximum absolute atomic E-state index is 10.4. The SMILES string of the molecule is CCC(O)(CC)CNC1CCCCC1C1CCCN1. The van der Waals surface area contributed by atoms with Gasteiger partial charge in [0.2, 0.25) is 0 Å². The first kappa shape index (κ1) is 15.3. The second-order valence-corrected chi connectivity index (χ2v) is 6.57. The largest absolute Gasteiger partial charge is 0.389 e. The van der Waals surface area contributed by atoms with Crippen molar-refractivity contribution in [1.82, 2.24) is 10.6 Å². The molecule has 0 aromatic carbocycles. The Balaban J connectivity index is 1.88. The van der Waals surface area contributed by atoms with Crippen LogP contribution in [-0.2, 0) is 0 Å². The summed E-state index contributed by atoms with van der Waals surface area (Å²) in [6, 6.07) is 1.32. The van der Waals surface area contributed by atoms with Crippen LogP contribution in [0.15, 0.2) is 0 Å². The van der Waals surface area contributed by atoms with Crippen LogP contribution in [-0.4, -0.2) is 35.9 Å². The van der Waals surface area contributed by atoms with Gasteiger partial charge in [0, 0.05) is 18.6 Å². The fourth-order valence-corrected chi connectivity index (χ4v) is 3.79. The van der Waals surface area contributed by atoms with Crippen molar-refractivity contribution in [2.45, 2.75) is 82.9 Å². The van der Waals surface area contributed by atoms with Gasteiger partial charge in [-0.2, -0.15) is 0 Å². The van der Waals surface area contributed by atoms with E-state index in [0.717, 1.165) is 25.3 Å². The van der Waals surface area contributed by atoms with E-state index in [4.69, 9.17) is 0 Å². The Morgan fingerprint density at radius 2 is 1.84 bits per heavy atom. The summed E-state index contributed by atoms with van der Waals surface area (Å²) in [5.41, 5.74) is -0.509. The average molecular weight is 268 g/mol. The van der Waals surface area contributed by atoms with Crippen molar-refractivity contribution in [3.8, 4) is 0 Å². The van der Waals surface area contributed by atoms with Gasteiger partial charge < -0.3 is 15.7 Å². The highest BCUT2D eigenvalue weighted by Crippen LogP contribution is 2.31. The molecule has 0 aromatic heterocycles. The van der Waals surface area contributed by atoms with E-state index in [2.05, 4.69) is 24.5 Å². The van der Waals surface area contributed by atoms with E-state index in [1.165, 1.54) is 45.1 Å². The predicted octanol–water partition coefficient (Wildman–Crippen LogP) is 2.44. The van der Waals surface area contributed by atoms with Gasteiger partial charge >= 0.3 is 0 Å². The van der Waals surface area contributed by atoms with Crippen molar-refractivity contribution in [3.05, 3.63) is 0 Å². The number of hydrogen-bond acceptors (Lipinski definition) is 3. The summed E-state index contributed by atoms with van der Waals surface area (Å²) in [7, 11) is 0. The van der Waals surface area contributed by atoms with Crippen molar-refractivity contribution in [2.24, 2.45) is 5.92 Å². The van der Waals surface area contributed by atoms with Crippen molar-refractivity contribution in [3.63, 3.8) is 0 Å². The minimum Gasteiger partial charge on any atom is -0.389 e. The molecule has 3 atom stereocenters. The lowest BCUT2D eigenvalue weighted by molar-refractivity contribution is 0.0249. The van der Waals surface area contributed by atoms with E-state index in [-0.39, 0.29) is 0 Å². The van der Waals surface area contributed by atoms with E-state index in [1.54, 1.807) is 0 Å². The lowest BCUT2D eigenvalue weighted by atomic mass is 9.79. The molecule has 1 heterocycles. The molecule has 1 saturated heterocycles. The third-order valence-electron chi connectivity index (χ3n) is 5.44. The first-order valence-electron chi connectivity index (χ1n) is 8.37. The third kappa shape index (κ3) is 3.93. The topological polar surface area (TPSA) is 44.3 Å². The molecule has 2 rings (SSSR count). The monoisotopic (exact) mass is 268 g/mol. The molecule has 0 bridgehead atoms. The number of aliphatic hydroxyl groups is 1. The second-order valence-electron chi connectivity index (χ2n) is 6.57. The van der Waals surface area contributed by atoms with Gasteiger partial charge in [0.25, 0.3) is 0 Å². The Morgan fingerprint density at radius 3 is 2.47 bits per heavy atom. The normalized spacial score (nSPS) is 32.7. The van der Waals surface area contributed by atoms with Crippen LogP contribution in [0.1, 0.15) is 65.2 Å². The van der Waals surface area contributed by atoms with Crippen LogP contribution in [0.2, 0.25) is 0 Å². The first-order chi connectivity index (χ1) is 9.18. The maximum Gasteiger partial charge on any atom is 0.0766 e. The van der Waals surface area contributed by atoms with Crippen molar-refractivity contribution in [1.29, 1.82) is 0 Å². The zero-order valence-corrected chi connectivity index (χ0v) is 12.8. The van der Waals surface area contributed by atoms with Crippen LogP contribution < -0.4 is 10.6 Å². The van der Waals surface area contributed by atoms with Gasteiger partial charge in [-0.15, -0.1) is 0 Å². The summed E-state index contributed by atoms with van der Waals surface area (Å²) >= 11 is 0. The van der Waals surface area contributed by atoms with E-state index in [1.807, 2.05) is 0 Å². The highest BCUT2D eigenvalue weighted by atomic mass is 16.3. The summed E-state index contributed by atoms with van der Waals surface area (Å²) in [4.78, 5) is 0. The van der Waals surface area contributed by atoms with Crippen LogP contribution in [0.25, 0.3) is 0 Å². The van der Waals surface area contributed by atoms with Crippen LogP contribution in [0.5, 0.6) is 0 Å². The Kier molecular flexibility index (Phi) is 5.67. The van der Waals surface area contributed by atoms with E-state index >= 15 is 0 Å². The average Bonchev–Trinajstić information content (AvgIpc) is 2.99. The Bertz CT molecular complexity index is 259. The number of rotatable bonds is 6. The van der Waals surface area contributed by atoms with Gasteiger partial charge in [0.05, 0.1) is 5.60 Å². The van der Waals surface area contributed by atoms with Crippen LogP contribution in [0, 0.1) is 5.92 Å². The molecular formula is C16H32N2O. The molecule has 3 N–H and O–H groups in total. The van der Waals surface area contributed by atoms with Crippen LogP contribution in [0.4, 0.5) is 0 Å². The highest BCUT2D eigenvalue weighted by molar-refractivity contribution is 4.93. The molecule has 3 heteroatoms. The lowest BCUT2D eigenvalue weighted by Gasteiger charge is -2.38. The van der Waals surface area contributed by atoms with Crippen molar-refractivity contribution >= 4 is 0 Å². The minimum atomic E-state index is -0.509. The van der Waals surface area contributed by atoms with Gasteiger partial charge in [0.15, 0.2) is 0 Å². The highest BCUT2D eigenvalue weighted by Gasteiger charge is 2.34. The molecule has 1 aliphatic carbocycles. The molecule has 0 aromatic rings. The molecule has 0 amide bonds. The summed E-state index contributed by atoms with van der Waals surface area (Å²) in [5, 5.41) is 17.8. The molecule has 1 aliphatic heterocycles. The van der Waals surface area contributed by atoms with Gasteiger partial charge in [-0.25, -0.2) is 0 Å². The molecule has 2 fully saturated rings. The third-order valence-corrected chi connectivity index (χ3v) is 5.44. The Hall–Kier alpha value is -0.120. The predicted molar refractivity (Wildman–Crippen MR) is 80.3 cm³/mol. The van der Waals surface area contributed by atoms with E-state index < -0.39 is 5.60 Å². The van der Waals surface area contributed by atoms with Gasteiger partial charge in [-0.1, -0.05) is 26.7 Å². The quantitative estimate of drug-likeness (QED) is 0.693. The zero-order chi connectivity index (χ0) is 13.7. The maximum atomic E-state index is 10.4. The van der Waals surface area contributed by atoms with Crippen molar-refractivity contribution in [2.75, 3.05) is 13.1 Å². The molecule has 3 nitrogen and oxygen atoms in total. The second kappa shape index (κ2) is 7.05. The standard InChI is InChI=1S/C16H32N2O/c1-3-16(19,4-2)12-18-15-9-6-5-8-13(15)14-10-7-11-17-14/h13-15,17-19H,3-12H2,1-2H3. The summed E-state index contributed by atoms with van der Waals surface area (Å²) in [5.74, 6) is 0.772. The van der Waals surface area contributed by atoms with E-state index in [0.29, 0.717) is 12.1 Å². The molecule has 0 spiro atoms. The molecule has 1 saturated carbocycles. The first-order valence-corrected chi connectivity index (χ1v) is 8.37. The summed E-state index contributed by atoms with van der Waals surface area (Å²) in [6.07, 6.45) is 9.73. The van der Waals surface area contributed by atoms with Gasteiger partial charge in [-0.3, -0.25) is 0 Å². The smallest absolute Gasteiger partial charge is 0.0766 e. The molecule has 3 unspecified atom stereocenters. The number of nitrogens with one attached hydrogen (secondary N) is 2. The fourth-order valence-electron chi connectivity index (χ4n) is 3.79. The van der Waals surface area contributed by atoms with E-state index in [9.17, 15) is 5.11 Å². The molecule has 19 heavy (non-hydrogen) atoms. The molecule has 0 radical (unpaired) electrons. The van der Waals surface area contributed by atoms with Crippen molar-refractivity contribution < 1.29 is 5.11 Å². The van der Waals surface area contributed by atoms with Crippen LogP contribution in [0.3, 0.4) is 0 Å².